The molecule has 92 valence electrons. The predicted molar refractivity (Wildman–Crippen MR) is 62.6 cm³/mol. The summed E-state index contributed by atoms with van der Waals surface area (Å²) in [7, 11) is 0. The average molecular weight is 256 g/mol. The lowest BCUT2D eigenvalue weighted by Crippen LogP contribution is -2.03. The quantitative estimate of drug-likeness (QED) is 0.496. The standard InChI is InChI=1S/C10H12N2O4S/c1-2-16-10(13)8-3-5-9(6-4-8)12-11-7-17(14)15/h3-6H,2,7H2,1H3,(H,14,15). The topological polar surface area (TPSA) is 88.3 Å². The number of azo groups is 1. The van der Waals surface area contributed by atoms with Gasteiger partial charge in [-0.2, -0.15) is 10.2 Å². The Balaban J connectivity index is 2.64. The van der Waals surface area contributed by atoms with Crippen LogP contribution in [0.15, 0.2) is 34.5 Å². The molecule has 6 nitrogen and oxygen atoms in total. The average Bonchev–Trinajstić information content (AvgIpc) is 2.30. The van der Waals surface area contributed by atoms with Crippen molar-refractivity contribution in [2.75, 3.05) is 12.5 Å². The molecule has 1 N–H and O–H groups in total. The Morgan fingerprint density at radius 2 is 2.06 bits per heavy atom. The Labute approximate surface area is 101 Å². The van der Waals surface area contributed by atoms with Crippen LogP contribution in [0, 0.1) is 0 Å². The number of rotatable bonds is 5. The summed E-state index contributed by atoms with van der Waals surface area (Å²) < 4.78 is 23.6. The van der Waals surface area contributed by atoms with Crippen molar-refractivity contribution in [1.29, 1.82) is 0 Å². The van der Waals surface area contributed by atoms with E-state index in [9.17, 15) is 9.00 Å². The fourth-order valence-electron chi connectivity index (χ4n) is 1.04. The van der Waals surface area contributed by atoms with E-state index in [1.165, 1.54) is 0 Å². The first-order valence-corrected chi connectivity index (χ1v) is 6.13. The summed E-state index contributed by atoms with van der Waals surface area (Å²) in [6.45, 7) is 2.05. The van der Waals surface area contributed by atoms with Gasteiger partial charge in [0.1, 0.15) is 0 Å². The van der Waals surface area contributed by atoms with Gasteiger partial charge in [-0.1, -0.05) is 0 Å². The van der Waals surface area contributed by atoms with Crippen molar-refractivity contribution in [3.05, 3.63) is 29.8 Å². The highest BCUT2D eigenvalue weighted by molar-refractivity contribution is 7.79. The van der Waals surface area contributed by atoms with Crippen LogP contribution in [0.5, 0.6) is 0 Å². The molecule has 0 saturated heterocycles. The molecular formula is C10H12N2O4S. The van der Waals surface area contributed by atoms with Gasteiger partial charge in [0.25, 0.3) is 0 Å². The molecule has 1 unspecified atom stereocenters. The zero-order valence-electron chi connectivity index (χ0n) is 9.20. The van der Waals surface area contributed by atoms with E-state index in [1.807, 2.05) is 0 Å². The molecule has 0 aliphatic carbocycles. The lowest BCUT2D eigenvalue weighted by molar-refractivity contribution is 0.0526. The predicted octanol–water partition coefficient (Wildman–Crippen LogP) is 2.13. The molecule has 0 aromatic heterocycles. The van der Waals surface area contributed by atoms with Gasteiger partial charge >= 0.3 is 5.97 Å². The molecule has 0 amide bonds. The Hall–Kier alpha value is -1.60. The summed E-state index contributed by atoms with van der Waals surface area (Å²) in [5.74, 6) is -0.660. The monoisotopic (exact) mass is 256 g/mol. The molecule has 0 heterocycles. The third-order valence-electron chi connectivity index (χ3n) is 1.73. The number of hydrogen-bond acceptors (Lipinski definition) is 5. The lowest BCUT2D eigenvalue weighted by atomic mass is 10.2. The van der Waals surface area contributed by atoms with Crippen molar-refractivity contribution in [3.8, 4) is 0 Å². The zero-order valence-corrected chi connectivity index (χ0v) is 10.0. The maximum atomic E-state index is 11.3. The van der Waals surface area contributed by atoms with E-state index in [0.717, 1.165) is 0 Å². The third-order valence-corrected chi connectivity index (χ3v) is 2.07. The minimum atomic E-state index is -1.99. The summed E-state index contributed by atoms with van der Waals surface area (Å²) in [6.07, 6.45) is 0. The van der Waals surface area contributed by atoms with Gasteiger partial charge in [0.05, 0.1) is 17.9 Å². The Kier molecular flexibility index (Phi) is 5.44. The second-order valence-corrected chi connectivity index (χ2v) is 3.86. The van der Waals surface area contributed by atoms with E-state index in [-0.39, 0.29) is 5.88 Å². The highest BCUT2D eigenvalue weighted by Crippen LogP contribution is 2.14. The van der Waals surface area contributed by atoms with E-state index < -0.39 is 17.0 Å². The van der Waals surface area contributed by atoms with Crippen LogP contribution in [0.1, 0.15) is 17.3 Å². The van der Waals surface area contributed by atoms with Crippen LogP contribution in [0.3, 0.4) is 0 Å². The molecule has 0 bridgehead atoms. The largest absolute Gasteiger partial charge is 0.462 e. The Morgan fingerprint density at radius 1 is 1.41 bits per heavy atom. The molecule has 17 heavy (non-hydrogen) atoms. The number of esters is 1. The summed E-state index contributed by atoms with van der Waals surface area (Å²) in [6, 6.07) is 6.27. The van der Waals surface area contributed by atoms with E-state index in [1.54, 1.807) is 31.2 Å². The number of nitrogens with zero attached hydrogens (tertiary/aromatic N) is 2. The number of benzene rings is 1. The molecule has 0 aliphatic heterocycles. The number of ether oxygens (including phenoxy) is 1. The van der Waals surface area contributed by atoms with Gasteiger partial charge in [0, 0.05) is 0 Å². The number of carbonyl (C=O) groups excluding carboxylic acids is 1. The summed E-state index contributed by atoms with van der Waals surface area (Å²) in [5.41, 5.74) is 0.931. The molecule has 0 saturated carbocycles. The highest BCUT2D eigenvalue weighted by Gasteiger charge is 2.04. The summed E-state index contributed by atoms with van der Waals surface area (Å²) in [5, 5.41) is 7.22. The maximum Gasteiger partial charge on any atom is 0.338 e. The van der Waals surface area contributed by atoms with E-state index in [0.29, 0.717) is 17.9 Å². The van der Waals surface area contributed by atoms with Crippen molar-refractivity contribution in [1.82, 2.24) is 0 Å². The van der Waals surface area contributed by atoms with Gasteiger partial charge < -0.3 is 9.29 Å². The Bertz CT molecular complexity index is 430. The lowest BCUT2D eigenvalue weighted by Gasteiger charge is -2.00. The molecule has 1 atom stereocenters. The van der Waals surface area contributed by atoms with Gasteiger partial charge in [0.2, 0.25) is 0 Å². The van der Waals surface area contributed by atoms with Crippen LogP contribution in [-0.4, -0.2) is 27.2 Å². The van der Waals surface area contributed by atoms with Crippen molar-refractivity contribution in [3.63, 3.8) is 0 Å². The van der Waals surface area contributed by atoms with Gasteiger partial charge in [-0.15, -0.1) is 0 Å². The second-order valence-electron chi connectivity index (χ2n) is 2.96. The highest BCUT2D eigenvalue weighted by atomic mass is 32.2. The molecule has 1 aromatic rings. The van der Waals surface area contributed by atoms with Crippen LogP contribution in [0.25, 0.3) is 0 Å². The zero-order chi connectivity index (χ0) is 12.7. The third kappa shape index (κ3) is 4.83. The normalized spacial score (nSPS) is 12.6. The van der Waals surface area contributed by atoms with E-state index >= 15 is 0 Å². The molecule has 0 radical (unpaired) electrons. The molecular weight excluding hydrogens is 244 g/mol. The fraction of sp³-hybridized carbons (Fsp3) is 0.300. The second kappa shape index (κ2) is 6.87. The van der Waals surface area contributed by atoms with Gasteiger partial charge in [-0.25, -0.2) is 9.00 Å². The van der Waals surface area contributed by atoms with Crippen LogP contribution in [0.2, 0.25) is 0 Å². The molecule has 7 heteroatoms. The molecule has 0 fully saturated rings. The first-order chi connectivity index (χ1) is 8.13. The maximum absolute atomic E-state index is 11.3. The first-order valence-electron chi connectivity index (χ1n) is 4.85. The molecule has 1 aromatic carbocycles. The van der Waals surface area contributed by atoms with Gasteiger partial charge in [-0.3, -0.25) is 0 Å². The Morgan fingerprint density at radius 3 is 2.59 bits per heavy atom. The SMILES string of the molecule is CCOC(=O)c1ccc(N=NCS(=O)O)cc1. The first kappa shape index (κ1) is 13.5. The summed E-state index contributed by atoms with van der Waals surface area (Å²) in [4.78, 5) is 11.3. The van der Waals surface area contributed by atoms with Gasteiger partial charge in [-0.05, 0) is 31.2 Å². The minimum Gasteiger partial charge on any atom is -0.462 e. The number of carbonyl (C=O) groups is 1. The molecule has 1 rings (SSSR count). The van der Waals surface area contributed by atoms with Crippen molar-refractivity contribution in [2.24, 2.45) is 10.2 Å². The van der Waals surface area contributed by atoms with Crippen LogP contribution < -0.4 is 0 Å². The van der Waals surface area contributed by atoms with E-state index in [2.05, 4.69) is 10.2 Å². The van der Waals surface area contributed by atoms with Crippen LogP contribution in [0.4, 0.5) is 5.69 Å². The minimum absolute atomic E-state index is 0.264. The van der Waals surface area contributed by atoms with Crippen molar-refractivity contribution < 1.29 is 18.3 Å². The van der Waals surface area contributed by atoms with Crippen molar-refractivity contribution in [2.45, 2.75) is 6.92 Å². The van der Waals surface area contributed by atoms with Crippen LogP contribution >= 0.6 is 0 Å². The van der Waals surface area contributed by atoms with E-state index in [4.69, 9.17) is 9.29 Å². The number of hydrogen-bond donors (Lipinski definition) is 1. The fourth-order valence-corrected chi connectivity index (χ4v) is 1.20. The summed E-state index contributed by atoms with van der Waals surface area (Å²) >= 11 is -1.99. The molecule has 0 aliphatic rings. The smallest absolute Gasteiger partial charge is 0.338 e. The van der Waals surface area contributed by atoms with Crippen molar-refractivity contribution >= 4 is 22.7 Å². The van der Waals surface area contributed by atoms with Crippen LogP contribution in [-0.2, 0) is 15.8 Å². The van der Waals surface area contributed by atoms with Gasteiger partial charge in [0.15, 0.2) is 17.0 Å². The molecule has 0 spiro atoms.